The van der Waals surface area contributed by atoms with Crippen LogP contribution in [-0.2, 0) is 0 Å². The van der Waals surface area contributed by atoms with Gasteiger partial charge in [0.1, 0.15) is 5.56 Å². The summed E-state index contributed by atoms with van der Waals surface area (Å²) < 4.78 is 0. The molecule has 0 atom stereocenters. The lowest BCUT2D eigenvalue weighted by molar-refractivity contribution is -0.385. The van der Waals surface area contributed by atoms with E-state index in [1.54, 1.807) is 0 Å². The summed E-state index contributed by atoms with van der Waals surface area (Å²) in [5.41, 5.74) is -0.585. The molecule has 2 rings (SSSR count). The number of aliphatic hydroxyl groups excluding tert-OH is 1. The zero-order valence-corrected chi connectivity index (χ0v) is 10.8. The Kier molecular flexibility index (Phi) is 3.73. The molecule has 2 N–H and O–H groups in total. The first-order valence-electron chi connectivity index (χ1n) is 5.80. The molecule has 1 aromatic carbocycles. The molecule has 19 heavy (non-hydrogen) atoms. The van der Waals surface area contributed by atoms with Gasteiger partial charge in [0.25, 0.3) is 11.6 Å². The van der Waals surface area contributed by atoms with Gasteiger partial charge in [-0.2, -0.15) is 0 Å². The van der Waals surface area contributed by atoms with Crippen LogP contribution in [0.5, 0.6) is 0 Å². The van der Waals surface area contributed by atoms with Crippen molar-refractivity contribution in [1.82, 2.24) is 5.32 Å². The molecule has 1 saturated carbocycles. The minimum absolute atomic E-state index is 0.00991. The first-order valence-corrected chi connectivity index (χ1v) is 6.18. The molecule has 1 aromatic rings. The lowest BCUT2D eigenvalue weighted by Gasteiger charge is -2.12. The second kappa shape index (κ2) is 5.14. The fraction of sp³-hybridized carbons (Fsp3) is 0.417. The maximum absolute atomic E-state index is 11.9. The van der Waals surface area contributed by atoms with Gasteiger partial charge in [0.05, 0.1) is 11.5 Å². The van der Waals surface area contributed by atoms with Gasteiger partial charge in [-0.15, -0.1) is 0 Å². The van der Waals surface area contributed by atoms with Gasteiger partial charge < -0.3 is 10.4 Å². The number of hydrogen-bond donors (Lipinski definition) is 2. The maximum atomic E-state index is 11.9. The molecule has 0 spiro atoms. The van der Waals surface area contributed by atoms with Crippen LogP contribution in [0.3, 0.4) is 0 Å². The monoisotopic (exact) mass is 284 g/mol. The Bertz CT molecular complexity index is 528. The second-order valence-corrected chi connectivity index (χ2v) is 5.20. The number of aliphatic hydroxyl groups is 1. The van der Waals surface area contributed by atoms with Crippen LogP contribution in [0.4, 0.5) is 5.69 Å². The van der Waals surface area contributed by atoms with Gasteiger partial charge in [-0.25, -0.2) is 0 Å². The number of nitro benzene ring substituents is 1. The zero-order valence-electron chi connectivity index (χ0n) is 10.1. The van der Waals surface area contributed by atoms with E-state index in [1.165, 1.54) is 12.1 Å². The molecular formula is C12H13ClN2O4. The predicted molar refractivity (Wildman–Crippen MR) is 69.2 cm³/mol. The molecule has 0 radical (unpaired) electrons. The Morgan fingerprint density at radius 3 is 2.74 bits per heavy atom. The third kappa shape index (κ3) is 3.02. The molecule has 1 fully saturated rings. The van der Waals surface area contributed by atoms with E-state index in [0.717, 1.165) is 18.9 Å². The topological polar surface area (TPSA) is 92.5 Å². The molecule has 0 aromatic heterocycles. The quantitative estimate of drug-likeness (QED) is 0.636. The summed E-state index contributed by atoms with van der Waals surface area (Å²) in [5.74, 6) is -0.525. The smallest absolute Gasteiger partial charge is 0.283 e. The normalized spacial score (nSPS) is 15.9. The van der Waals surface area contributed by atoms with Crippen molar-refractivity contribution in [3.63, 3.8) is 0 Å². The number of carbonyl (C=O) groups is 1. The molecule has 0 unspecified atom stereocenters. The summed E-state index contributed by atoms with van der Waals surface area (Å²) in [6, 6.07) is 3.91. The Labute approximate surface area is 114 Å². The number of benzene rings is 1. The number of hydrogen-bond acceptors (Lipinski definition) is 4. The van der Waals surface area contributed by atoms with Gasteiger partial charge in [0.15, 0.2) is 0 Å². The summed E-state index contributed by atoms with van der Waals surface area (Å²) in [6.07, 6.45) is 1.71. The van der Waals surface area contributed by atoms with Crippen molar-refractivity contribution in [2.24, 2.45) is 5.41 Å². The van der Waals surface area contributed by atoms with Crippen LogP contribution in [0, 0.1) is 15.5 Å². The second-order valence-electron chi connectivity index (χ2n) is 4.76. The third-order valence-electron chi connectivity index (χ3n) is 3.32. The average molecular weight is 285 g/mol. The Balaban J connectivity index is 2.12. The predicted octanol–water partition coefficient (Wildman–Crippen LogP) is 1.75. The molecule has 0 heterocycles. The van der Waals surface area contributed by atoms with E-state index in [-0.39, 0.29) is 28.3 Å². The first kappa shape index (κ1) is 13.8. The number of halogens is 1. The summed E-state index contributed by atoms with van der Waals surface area (Å²) in [5, 5.41) is 22.8. The fourth-order valence-electron chi connectivity index (χ4n) is 1.78. The van der Waals surface area contributed by atoms with Gasteiger partial charge in [0, 0.05) is 23.0 Å². The molecular weight excluding hydrogens is 272 g/mol. The Morgan fingerprint density at radius 1 is 1.53 bits per heavy atom. The lowest BCUT2D eigenvalue weighted by Crippen LogP contribution is -2.32. The van der Waals surface area contributed by atoms with Crippen LogP contribution in [0.1, 0.15) is 23.2 Å². The molecule has 7 heteroatoms. The van der Waals surface area contributed by atoms with Crippen molar-refractivity contribution in [2.75, 3.05) is 13.2 Å². The third-order valence-corrected chi connectivity index (χ3v) is 3.55. The van der Waals surface area contributed by atoms with E-state index in [4.69, 9.17) is 16.7 Å². The van der Waals surface area contributed by atoms with Crippen LogP contribution < -0.4 is 5.32 Å². The van der Waals surface area contributed by atoms with E-state index in [2.05, 4.69) is 5.32 Å². The van der Waals surface area contributed by atoms with Gasteiger partial charge in [-0.05, 0) is 25.0 Å². The summed E-state index contributed by atoms with van der Waals surface area (Å²) >= 11 is 5.68. The minimum atomic E-state index is -0.639. The highest BCUT2D eigenvalue weighted by atomic mass is 35.5. The molecule has 0 bridgehead atoms. The molecule has 0 aliphatic heterocycles. The van der Waals surface area contributed by atoms with Crippen molar-refractivity contribution in [3.8, 4) is 0 Å². The number of nitro groups is 1. The van der Waals surface area contributed by atoms with Gasteiger partial charge in [-0.3, -0.25) is 14.9 Å². The van der Waals surface area contributed by atoms with Crippen molar-refractivity contribution in [3.05, 3.63) is 38.9 Å². The zero-order chi connectivity index (χ0) is 14.0. The van der Waals surface area contributed by atoms with E-state index in [1.807, 2.05) is 0 Å². The number of carbonyl (C=O) groups excluding carboxylic acids is 1. The largest absolute Gasteiger partial charge is 0.396 e. The SMILES string of the molecule is O=C(NCC1(CO)CC1)c1ccc(Cl)cc1[N+](=O)[O-]. The van der Waals surface area contributed by atoms with E-state index in [0.29, 0.717) is 6.54 Å². The van der Waals surface area contributed by atoms with Crippen LogP contribution in [0.2, 0.25) is 5.02 Å². The van der Waals surface area contributed by atoms with Crippen molar-refractivity contribution in [1.29, 1.82) is 0 Å². The van der Waals surface area contributed by atoms with Crippen LogP contribution in [0.25, 0.3) is 0 Å². The van der Waals surface area contributed by atoms with Gasteiger partial charge in [0.2, 0.25) is 0 Å². The number of nitrogens with zero attached hydrogens (tertiary/aromatic N) is 1. The van der Waals surface area contributed by atoms with Crippen molar-refractivity contribution >= 4 is 23.2 Å². The number of amides is 1. The molecule has 1 amide bonds. The highest BCUT2D eigenvalue weighted by Gasteiger charge is 2.42. The number of rotatable bonds is 5. The van der Waals surface area contributed by atoms with Gasteiger partial charge >= 0.3 is 0 Å². The lowest BCUT2D eigenvalue weighted by atomic mass is 10.1. The van der Waals surface area contributed by atoms with E-state index >= 15 is 0 Å². The standard InChI is InChI=1S/C12H13ClN2O4/c13-8-1-2-9(10(5-8)15(18)19)11(17)14-6-12(7-16)3-4-12/h1-2,5,16H,3-4,6-7H2,(H,14,17). The van der Waals surface area contributed by atoms with Crippen molar-refractivity contribution < 1.29 is 14.8 Å². The molecule has 102 valence electrons. The van der Waals surface area contributed by atoms with E-state index in [9.17, 15) is 14.9 Å². The first-order chi connectivity index (χ1) is 8.97. The highest BCUT2D eigenvalue weighted by molar-refractivity contribution is 6.31. The Hall–Kier alpha value is -1.66. The summed E-state index contributed by atoms with van der Waals surface area (Å²) in [7, 11) is 0. The van der Waals surface area contributed by atoms with Crippen molar-refractivity contribution in [2.45, 2.75) is 12.8 Å². The molecule has 0 saturated heterocycles. The van der Waals surface area contributed by atoms with Crippen LogP contribution >= 0.6 is 11.6 Å². The van der Waals surface area contributed by atoms with Crippen LogP contribution in [-0.4, -0.2) is 29.1 Å². The maximum Gasteiger partial charge on any atom is 0.283 e. The summed E-state index contributed by atoms with van der Waals surface area (Å²) in [4.78, 5) is 22.2. The molecule has 6 nitrogen and oxygen atoms in total. The highest BCUT2D eigenvalue weighted by Crippen LogP contribution is 2.44. The summed E-state index contributed by atoms with van der Waals surface area (Å²) in [6.45, 7) is 0.331. The molecule has 1 aliphatic carbocycles. The fourth-order valence-corrected chi connectivity index (χ4v) is 1.94. The number of nitrogens with one attached hydrogen (secondary N) is 1. The average Bonchev–Trinajstić information content (AvgIpc) is 3.16. The Morgan fingerprint density at radius 2 is 2.21 bits per heavy atom. The minimum Gasteiger partial charge on any atom is -0.396 e. The van der Waals surface area contributed by atoms with Gasteiger partial charge in [-0.1, -0.05) is 11.6 Å². The van der Waals surface area contributed by atoms with E-state index < -0.39 is 10.8 Å². The van der Waals surface area contributed by atoms with Crippen LogP contribution in [0.15, 0.2) is 18.2 Å². The molecule has 1 aliphatic rings.